The van der Waals surface area contributed by atoms with Crippen LogP contribution in [0.4, 0.5) is 19.0 Å². The molecule has 0 saturated carbocycles. The molecule has 3 amide bonds. The highest BCUT2D eigenvalue weighted by Gasteiger charge is 2.41. The van der Waals surface area contributed by atoms with E-state index in [9.17, 15) is 18.8 Å². The molecular formula is C49H58ClF3N8O5. The fourth-order valence-electron chi connectivity index (χ4n) is 10.4. The van der Waals surface area contributed by atoms with E-state index in [2.05, 4.69) is 37.4 Å². The lowest BCUT2D eigenvalue weighted by Gasteiger charge is -2.33. The molecular weight excluding hydrogens is 873 g/mol. The molecule has 5 aliphatic heterocycles. The number of piperazine rings is 1. The number of halogens is 4. The van der Waals surface area contributed by atoms with Crippen LogP contribution in [0.5, 0.6) is 11.8 Å². The van der Waals surface area contributed by atoms with E-state index < -0.39 is 29.4 Å². The first-order chi connectivity index (χ1) is 32.0. The first-order valence-corrected chi connectivity index (χ1v) is 24.0. The highest BCUT2D eigenvalue weighted by Crippen LogP contribution is 2.44. The van der Waals surface area contributed by atoms with Crippen LogP contribution < -0.4 is 25.0 Å². The lowest BCUT2D eigenvalue weighted by molar-refractivity contribution is -0.136. The molecule has 352 valence electrons. The summed E-state index contributed by atoms with van der Waals surface area (Å²) in [6.07, 6.45) is 8.87. The SMILES string of the molecule is CN1CCC[C@H]1COc1nc(N2CCNCC2)c2cc(Cl)c(-c3c(F)cccc3OCCCCCCCN3CCC(c4cc(F)cc5c4CN(C4CCC(=O)NC4=O)C5=O)CC3)c(F)c2n1. The largest absolute Gasteiger partial charge is 0.493 e. The number of unbranched alkanes of at least 4 members (excludes halogenated alkanes) is 4. The number of nitrogens with zero attached hydrogens (tertiary/aromatic N) is 6. The van der Waals surface area contributed by atoms with Gasteiger partial charge in [0.15, 0.2) is 5.82 Å². The molecule has 2 atom stereocenters. The summed E-state index contributed by atoms with van der Waals surface area (Å²) < 4.78 is 59.9. The normalized spacial score (nSPS) is 21.0. The van der Waals surface area contributed by atoms with Crippen molar-refractivity contribution in [1.82, 2.24) is 35.3 Å². The van der Waals surface area contributed by atoms with Crippen molar-refractivity contribution in [3.63, 3.8) is 0 Å². The maximum absolute atomic E-state index is 16.9. The van der Waals surface area contributed by atoms with Gasteiger partial charge in [-0.2, -0.15) is 9.97 Å². The topological polar surface area (TPSA) is 132 Å². The average molecular weight is 932 g/mol. The standard InChI is InChI=1S/C49H58ClF3N8O5/c1-58-18-8-9-32(58)29-66-49-56-45-35(46(57-49)60-22-16-54-17-23-60)27-37(50)42(44(45)53)43-38(52)10-7-11-40(43)65-24-6-4-2-3-5-19-59-20-14-30(15-21-59)33-25-31(51)26-34-36(33)28-61(48(34)64)39-12-13-41(62)55-47(39)63/h7,10-11,25-27,30,32,39,54H,2-6,8-9,12-24,28-29H2,1H3,(H,55,62,63)/t32-,39?/m0/s1. The molecule has 0 spiro atoms. The van der Waals surface area contributed by atoms with Gasteiger partial charge < -0.3 is 34.4 Å². The number of fused-ring (bicyclic) bond motifs is 2. The Morgan fingerprint density at radius 1 is 0.864 bits per heavy atom. The minimum atomic E-state index is -0.759. The third-order valence-corrected chi connectivity index (χ3v) is 14.4. The van der Waals surface area contributed by atoms with Crippen molar-refractivity contribution >= 4 is 46.0 Å². The van der Waals surface area contributed by atoms with Crippen LogP contribution >= 0.6 is 11.6 Å². The monoisotopic (exact) mass is 930 g/mol. The number of hydrogen-bond acceptors (Lipinski definition) is 11. The number of piperidine rings is 2. The number of likely N-dealkylation sites (tertiary alicyclic amines) is 2. The predicted octanol–water partition coefficient (Wildman–Crippen LogP) is 7.22. The van der Waals surface area contributed by atoms with Gasteiger partial charge in [0, 0.05) is 61.7 Å². The van der Waals surface area contributed by atoms with Gasteiger partial charge in [0.2, 0.25) is 11.8 Å². The number of aromatic nitrogens is 2. The van der Waals surface area contributed by atoms with Gasteiger partial charge in [-0.25, -0.2) is 13.2 Å². The summed E-state index contributed by atoms with van der Waals surface area (Å²) in [5, 5.41) is 6.14. The molecule has 4 saturated heterocycles. The number of benzene rings is 3. The Morgan fingerprint density at radius 2 is 1.65 bits per heavy atom. The van der Waals surface area contributed by atoms with Crippen molar-refractivity contribution in [2.45, 2.75) is 95.2 Å². The van der Waals surface area contributed by atoms with Crippen molar-refractivity contribution in [3.05, 3.63) is 75.6 Å². The van der Waals surface area contributed by atoms with E-state index in [4.69, 9.17) is 26.1 Å². The van der Waals surface area contributed by atoms with Crippen LogP contribution in [0, 0.1) is 17.5 Å². The number of anilines is 1. The van der Waals surface area contributed by atoms with Gasteiger partial charge in [-0.3, -0.25) is 19.7 Å². The molecule has 17 heteroatoms. The summed E-state index contributed by atoms with van der Waals surface area (Å²) in [4.78, 5) is 55.2. The van der Waals surface area contributed by atoms with E-state index >= 15 is 8.78 Å². The fraction of sp³-hybridized carbons (Fsp3) is 0.531. The Balaban J connectivity index is 0.771. The number of rotatable bonds is 16. The van der Waals surface area contributed by atoms with Crippen LogP contribution in [0.15, 0.2) is 36.4 Å². The number of imide groups is 1. The van der Waals surface area contributed by atoms with Crippen LogP contribution in [0.25, 0.3) is 22.0 Å². The van der Waals surface area contributed by atoms with Crippen LogP contribution in [0.1, 0.15) is 98.0 Å². The molecule has 4 aromatic rings. The maximum atomic E-state index is 16.9. The zero-order valence-electron chi connectivity index (χ0n) is 37.5. The average Bonchev–Trinajstić information content (AvgIpc) is 3.88. The van der Waals surface area contributed by atoms with Crippen molar-refractivity contribution in [3.8, 4) is 22.9 Å². The van der Waals surface area contributed by atoms with Gasteiger partial charge in [0.05, 0.1) is 17.2 Å². The predicted molar refractivity (Wildman–Crippen MR) is 246 cm³/mol. The zero-order valence-corrected chi connectivity index (χ0v) is 38.2. The maximum Gasteiger partial charge on any atom is 0.319 e. The number of ether oxygens (including phenoxy) is 2. The molecule has 13 nitrogen and oxygen atoms in total. The molecule has 1 unspecified atom stereocenters. The summed E-state index contributed by atoms with van der Waals surface area (Å²) in [7, 11) is 2.06. The second kappa shape index (κ2) is 20.5. The van der Waals surface area contributed by atoms with Crippen molar-refractivity contribution in [1.29, 1.82) is 0 Å². The first-order valence-electron chi connectivity index (χ1n) is 23.6. The van der Waals surface area contributed by atoms with E-state index in [1.165, 1.54) is 17.0 Å². The third kappa shape index (κ3) is 9.83. The molecule has 0 aliphatic carbocycles. The van der Waals surface area contributed by atoms with E-state index in [1.54, 1.807) is 24.3 Å². The van der Waals surface area contributed by atoms with Gasteiger partial charge in [-0.1, -0.05) is 36.9 Å². The highest BCUT2D eigenvalue weighted by molar-refractivity contribution is 6.34. The minimum Gasteiger partial charge on any atom is -0.493 e. The lowest BCUT2D eigenvalue weighted by Crippen LogP contribution is -2.52. The Bertz CT molecular complexity index is 2470. The summed E-state index contributed by atoms with van der Waals surface area (Å²) in [5.74, 6) is -2.19. The fourth-order valence-corrected chi connectivity index (χ4v) is 10.7. The molecule has 1 aromatic heterocycles. The summed E-state index contributed by atoms with van der Waals surface area (Å²) in [5.41, 5.74) is 1.82. The number of carbonyl (C=O) groups is 3. The Hall–Kier alpha value is -5.03. The molecule has 3 aromatic carbocycles. The summed E-state index contributed by atoms with van der Waals surface area (Å²) >= 11 is 6.86. The Labute approximate surface area is 388 Å². The number of amides is 3. The van der Waals surface area contributed by atoms with Crippen LogP contribution in [0.3, 0.4) is 0 Å². The molecule has 2 N–H and O–H groups in total. The summed E-state index contributed by atoms with van der Waals surface area (Å²) in [6, 6.07) is 8.46. The van der Waals surface area contributed by atoms with Gasteiger partial charge >= 0.3 is 6.01 Å². The van der Waals surface area contributed by atoms with Gasteiger partial charge in [0.1, 0.15) is 41.4 Å². The molecule has 5 aliphatic rings. The molecule has 6 heterocycles. The molecule has 0 radical (unpaired) electrons. The molecule has 9 rings (SSSR count). The Morgan fingerprint density at radius 3 is 2.42 bits per heavy atom. The van der Waals surface area contributed by atoms with E-state index in [0.29, 0.717) is 43.1 Å². The summed E-state index contributed by atoms with van der Waals surface area (Å²) in [6.45, 7) is 7.40. The van der Waals surface area contributed by atoms with Gasteiger partial charge in [-0.15, -0.1) is 0 Å². The smallest absolute Gasteiger partial charge is 0.319 e. The second-order valence-electron chi connectivity index (χ2n) is 18.4. The number of carbonyl (C=O) groups excluding carboxylic acids is 3. The Kier molecular flexibility index (Phi) is 14.3. The van der Waals surface area contributed by atoms with Gasteiger partial charge in [-0.05, 0) is 126 Å². The number of hydrogen-bond donors (Lipinski definition) is 2. The number of nitrogens with one attached hydrogen (secondary N) is 2. The van der Waals surface area contributed by atoms with Crippen molar-refractivity contribution in [2.75, 3.05) is 77.5 Å². The van der Waals surface area contributed by atoms with Gasteiger partial charge in [0.25, 0.3) is 5.91 Å². The van der Waals surface area contributed by atoms with Crippen molar-refractivity contribution in [2.24, 2.45) is 0 Å². The number of likely N-dealkylation sites (N-methyl/N-ethyl adjacent to an activating group) is 1. The third-order valence-electron chi connectivity index (χ3n) is 14.1. The van der Waals surface area contributed by atoms with Crippen LogP contribution in [-0.4, -0.2) is 127 Å². The minimum absolute atomic E-state index is 0.0128. The highest BCUT2D eigenvalue weighted by atomic mass is 35.5. The van der Waals surface area contributed by atoms with Crippen LogP contribution in [0.2, 0.25) is 5.02 Å². The van der Waals surface area contributed by atoms with E-state index in [1.807, 2.05) is 0 Å². The zero-order chi connectivity index (χ0) is 45.9. The van der Waals surface area contributed by atoms with E-state index in [-0.39, 0.29) is 76.6 Å². The molecule has 4 fully saturated rings. The van der Waals surface area contributed by atoms with Crippen LogP contribution in [-0.2, 0) is 16.1 Å². The first kappa shape index (κ1) is 46.1. The quantitative estimate of drug-likeness (QED) is 0.0873. The molecule has 66 heavy (non-hydrogen) atoms. The van der Waals surface area contributed by atoms with E-state index in [0.717, 1.165) is 108 Å². The lowest BCUT2D eigenvalue weighted by atomic mass is 9.85. The second-order valence-corrected chi connectivity index (χ2v) is 18.8. The molecule has 0 bridgehead atoms. The van der Waals surface area contributed by atoms with Crippen molar-refractivity contribution < 1.29 is 37.0 Å².